The van der Waals surface area contributed by atoms with Crippen LogP contribution in [0.25, 0.3) is 0 Å². The molecular formula is C13H22N4OS. The molecule has 6 heteroatoms. The van der Waals surface area contributed by atoms with E-state index in [1.54, 1.807) is 11.3 Å². The molecule has 1 aromatic heterocycles. The van der Waals surface area contributed by atoms with E-state index >= 15 is 0 Å². The molecule has 0 atom stereocenters. The van der Waals surface area contributed by atoms with Crippen LogP contribution >= 0.6 is 11.3 Å². The topological polar surface area (TPSA) is 79.5 Å². The van der Waals surface area contributed by atoms with Gasteiger partial charge in [0.05, 0.1) is 0 Å². The summed E-state index contributed by atoms with van der Waals surface area (Å²) in [7, 11) is 0. The number of thiophene rings is 1. The van der Waals surface area contributed by atoms with Crippen molar-refractivity contribution in [3.05, 3.63) is 22.4 Å². The lowest BCUT2D eigenvalue weighted by Gasteiger charge is -2.08. The van der Waals surface area contributed by atoms with Crippen molar-refractivity contribution >= 4 is 23.2 Å². The highest BCUT2D eigenvalue weighted by molar-refractivity contribution is 7.09. The van der Waals surface area contributed by atoms with Gasteiger partial charge in [-0.3, -0.25) is 9.79 Å². The van der Waals surface area contributed by atoms with Gasteiger partial charge < -0.3 is 16.4 Å². The molecule has 106 valence electrons. The first-order valence-corrected chi connectivity index (χ1v) is 7.31. The SMILES string of the molecule is CC(C)C(=O)NCCNC(N)=NCCc1cccs1. The van der Waals surface area contributed by atoms with Crippen molar-refractivity contribution in [3.8, 4) is 0 Å². The fraction of sp³-hybridized carbons (Fsp3) is 0.538. The zero-order valence-corrected chi connectivity index (χ0v) is 12.3. The monoisotopic (exact) mass is 282 g/mol. The summed E-state index contributed by atoms with van der Waals surface area (Å²) in [4.78, 5) is 16.8. The number of hydrogen-bond donors (Lipinski definition) is 3. The summed E-state index contributed by atoms with van der Waals surface area (Å²) >= 11 is 1.72. The van der Waals surface area contributed by atoms with Crippen LogP contribution in [0.3, 0.4) is 0 Å². The average Bonchev–Trinajstić information content (AvgIpc) is 2.87. The van der Waals surface area contributed by atoms with E-state index in [1.807, 2.05) is 19.9 Å². The van der Waals surface area contributed by atoms with Crippen LogP contribution in [0.15, 0.2) is 22.5 Å². The van der Waals surface area contributed by atoms with E-state index in [9.17, 15) is 4.79 Å². The smallest absolute Gasteiger partial charge is 0.222 e. The average molecular weight is 282 g/mol. The molecule has 0 spiro atoms. The van der Waals surface area contributed by atoms with Gasteiger partial charge in [-0.15, -0.1) is 11.3 Å². The Morgan fingerprint density at radius 2 is 2.16 bits per heavy atom. The van der Waals surface area contributed by atoms with Gasteiger partial charge in [-0.25, -0.2) is 0 Å². The van der Waals surface area contributed by atoms with E-state index in [2.05, 4.69) is 27.1 Å². The number of guanidine groups is 1. The van der Waals surface area contributed by atoms with Crippen molar-refractivity contribution in [3.63, 3.8) is 0 Å². The molecule has 1 rings (SSSR count). The molecule has 0 aliphatic heterocycles. The van der Waals surface area contributed by atoms with Gasteiger partial charge in [0.15, 0.2) is 5.96 Å². The van der Waals surface area contributed by atoms with Gasteiger partial charge in [0.25, 0.3) is 0 Å². The van der Waals surface area contributed by atoms with Gasteiger partial charge in [-0.05, 0) is 11.4 Å². The first kappa shape index (κ1) is 15.5. The lowest BCUT2D eigenvalue weighted by atomic mass is 10.2. The summed E-state index contributed by atoms with van der Waals surface area (Å²) in [5, 5.41) is 7.83. The number of nitrogens with one attached hydrogen (secondary N) is 2. The third-order valence-corrected chi connectivity index (χ3v) is 3.41. The Kier molecular flexibility index (Phi) is 6.95. The molecule has 0 aliphatic rings. The van der Waals surface area contributed by atoms with Gasteiger partial charge in [0, 0.05) is 36.9 Å². The number of amides is 1. The first-order valence-electron chi connectivity index (χ1n) is 6.43. The largest absolute Gasteiger partial charge is 0.370 e. The molecule has 1 heterocycles. The molecule has 0 aromatic carbocycles. The van der Waals surface area contributed by atoms with Crippen LogP contribution in [0.2, 0.25) is 0 Å². The van der Waals surface area contributed by atoms with Crippen molar-refractivity contribution in [2.24, 2.45) is 16.6 Å². The normalized spacial score (nSPS) is 11.6. The van der Waals surface area contributed by atoms with Crippen LogP contribution in [0.1, 0.15) is 18.7 Å². The lowest BCUT2D eigenvalue weighted by molar-refractivity contribution is -0.123. The van der Waals surface area contributed by atoms with E-state index in [-0.39, 0.29) is 11.8 Å². The molecule has 0 saturated heterocycles. The minimum Gasteiger partial charge on any atom is -0.370 e. The summed E-state index contributed by atoms with van der Waals surface area (Å²) in [6, 6.07) is 4.12. The first-order chi connectivity index (χ1) is 9.09. The number of nitrogens with two attached hydrogens (primary N) is 1. The summed E-state index contributed by atoms with van der Waals surface area (Å²) in [6.45, 7) is 5.55. The van der Waals surface area contributed by atoms with Gasteiger partial charge in [-0.1, -0.05) is 19.9 Å². The Bertz CT molecular complexity index is 401. The van der Waals surface area contributed by atoms with Crippen molar-refractivity contribution < 1.29 is 4.79 Å². The van der Waals surface area contributed by atoms with Crippen LogP contribution in [0, 0.1) is 5.92 Å². The second-order valence-electron chi connectivity index (χ2n) is 4.47. The zero-order chi connectivity index (χ0) is 14.1. The van der Waals surface area contributed by atoms with E-state index in [4.69, 9.17) is 5.73 Å². The second kappa shape index (κ2) is 8.53. The van der Waals surface area contributed by atoms with Crippen molar-refractivity contribution in [1.82, 2.24) is 10.6 Å². The second-order valence-corrected chi connectivity index (χ2v) is 5.50. The molecule has 0 unspecified atom stereocenters. The van der Waals surface area contributed by atoms with Gasteiger partial charge in [0.1, 0.15) is 0 Å². The predicted octanol–water partition coefficient (Wildman–Crippen LogP) is 0.967. The quantitative estimate of drug-likeness (QED) is 0.396. The van der Waals surface area contributed by atoms with Crippen LogP contribution < -0.4 is 16.4 Å². The number of rotatable bonds is 7. The highest BCUT2D eigenvalue weighted by atomic mass is 32.1. The highest BCUT2D eigenvalue weighted by Gasteiger charge is 2.04. The number of hydrogen-bond acceptors (Lipinski definition) is 3. The molecule has 4 N–H and O–H groups in total. The maximum Gasteiger partial charge on any atom is 0.222 e. The third-order valence-electron chi connectivity index (χ3n) is 2.48. The van der Waals surface area contributed by atoms with Crippen LogP contribution in [-0.2, 0) is 11.2 Å². The van der Waals surface area contributed by atoms with Crippen molar-refractivity contribution in [2.75, 3.05) is 19.6 Å². The highest BCUT2D eigenvalue weighted by Crippen LogP contribution is 2.08. The van der Waals surface area contributed by atoms with Crippen molar-refractivity contribution in [2.45, 2.75) is 20.3 Å². The molecule has 19 heavy (non-hydrogen) atoms. The predicted molar refractivity (Wildman–Crippen MR) is 80.4 cm³/mol. The maximum absolute atomic E-state index is 11.3. The molecule has 0 radical (unpaired) electrons. The summed E-state index contributed by atoms with van der Waals surface area (Å²) in [6.07, 6.45) is 0.907. The summed E-state index contributed by atoms with van der Waals surface area (Å²) in [5.74, 6) is 0.488. The molecule has 5 nitrogen and oxygen atoms in total. The zero-order valence-electron chi connectivity index (χ0n) is 11.5. The van der Waals surface area contributed by atoms with Gasteiger partial charge in [-0.2, -0.15) is 0 Å². The minimum absolute atomic E-state index is 0.0109. The minimum atomic E-state index is 0.0109. The Labute approximate surface area is 118 Å². The molecule has 0 bridgehead atoms. The standard InChI is InChI=1S/C13H22N4OS/c1-10(2)12(18)15-7-8-17-13(14)16-6-5-11-4-3-9-19-11/h3-4,9-10H,5-8H2,1-2H3,(H,15,18)(H3,14,16,17). The van der Waals surface area contributed by atoms with E-state index < -0.39 is 0 Å². The Morgan fingerprint density at radius 1 is 1.42 bits per heavy atom. The molecule has 0 saturated carbocycles. The number of carbonyl (C=O) groups is 1. The number of nitrogens with zero attached hydrogens (tertiary/aromatic N) is 1. The molecular weight excluding hydrogens is 260 g/mol. The van der Waals surface area contributed by atoms with Crippen LogP contribution in [-0.4, -0.2) is 31.5 Å². The van der Waals surface area contributed by atoms with Gasteiger partial charge in [0.2, 0.25) is 5.91 Å². The molecule has 1 amide bonds. The molecule has 0 aliphatic carbocycles. The fourth-order valence-electron chi connectivity index (χ4n) is 1.38. The maximum atomic E-state index is 11.3. The Balaban J connectivity index is 2.10. The molecule has 0 fully saturated rings. The third kappa shape index (κ3) is 6.81. The summed E-state index contributed by atoms with van der Waals surface area (Å²) in [5.41, 5.74) is 5.72. The van der Waals surface area contributed by atoms with Gasteiger partial charge >= 0.3 is 0 Å². The van der Waals surface area contributed by atoms with Crippen LogP contribution in [0.5, 0.6) is 0 Å². The number of carbonyl (C=O) groups excluding carboxylic acids is 1. The number of aliphatic imine (C=N–C) groups is 1. The van der Waals surface area contributed by atoms with E-state index in [0.717, 1.165) is 6.42 Å². The Hall–Kier alpha value is -1.56. The molecule has 1 aromatic rings. The summed E-state index contributed by atoms with van der Waals surface area (Å²) < 4.78 is 0. The van der Waals surface area contributed by atoms with Crippen molar-refractivity contribution in [1.29, 1.82) is 0 Å². The fourth-order valence-corrected chi connectivity index (χ4v) is 2.08. The lowest BCUT2D eigenvalue weighted by Crippen LogP contribution is -2.39. The van der Waals surface area contributed by atoms with E-state index in [0.29, 0.717) is 25.6 Å². The Morgan fingerprint density at radius 3 is 2.79 bits per heavy atom. The van der Waals surface area contributed by atoms with Crippen LogP contribution in [0.4, 0.5) is 0 Å². The van der Waals surface area contributed by atoms with E-state index in [1.165, 1.54) is 4.88 Å².